The van der Waals surface area contributed by atoms with E-state index in [1.54, 1.807) is 17.0 Å². The lowest BCUT2D eigenvalue weighted by molar-refractivity contribution is -0.144. The molecule has 0 spiro atoms. The van der Waals surface area contributed by atoms with E-state index in [0.717, 1.165) is 11.6 Å². The van der Waals surface area contributed by atoms with E-state index in [0.29, 0.717) is 55.4 Å². The summed E-state index contributed by atoms with van der Waals surface area (Å²) < 4.78 is 42.0. The van der Waals surface area contributed by atoms with Crippen molar-refractivity contribution in [2.24, 2.45) is 5.92 Å². The maximum Gasteiger partial charge on any atom is 0.225 e. The summed E-state index contributed by atoms with van der Waals surface area (Å²) in [5, 5.41) is 19.9. The molecule has 5 nitrogen and oxygen atoms in total. The van der Waals surface area contributed by atoms with Gasteiger partial charge in [0.25, 0.3) is 0 Å². The number of hydrogen-bond donors (Lipinski definition) is 3. The first-order chi connectivity index (χ1) is 15.8. The quantitative estimate of drug-likeness (QED) is 0.551. The van der Waals surface area contributed by atoms with Crippen molar-refractivity contribution in [3.8, 4) is 11.3 Å². The third-order valence-corrected chi connectivity index (χ3v) is 7.19. The number of likely N-dealkylation sites (tertiary alicyclic amines) is 1. The van der Waals surface area contributed by atoms with Crippen molar-refractivity contribution >= 4 is 16.8 Å². The van der Waals surface area contributed by atoms with Gasteiger partial charge in [0.15, 0.2) is 0 Å². The molecule has 174 valence electrons. The van der Waals surface area contributed by atoms with Crippen LogP contribution in [0.5, 0.6) is 0 Å². The van der Waals surface area contributed by atoms with Crippen molar-refractivity contribution in [1.29, 1.82) is 0 Å². The van der Waals surface area contributed by atoms with Crippen LogP contribution in [0, 0.1) is 23.4 Å². The van der Waals surface area contributed by atoms with Crippen LogP contribution in [0.2, 0.25) is 0 Å². The summed E-state index contributed by atoms with van der Waals surface area (Å²) in [6.07, 6.45) is 1.75. The summed E-state index contributed by atoms with van der Waals surface area (Å²) in [6, 6.07) is 7.95. The predicted octanol–water partition coefficient (Wildman–Crippen LogP) is 4.09. The number of aliphatic hydroxyl groups is 2. The van der Waals surface area contributed by atoms with Gasteiger partial charge < -0.3 is 20.1 Å². The van der Waals surface area contributed by atoms with Gasteiger partial charge in [-0.25, -0.2) is 13.2 Å². The molecule has 0 bridgehead atoms. The largest absolute Gasteiger partial charge is 0.393 e. The lowest BCUT2D eigenvalue weighted by Gasteiger charge is -2.42. The molecule has 1 amide bonds. The number of piperidine rings is 1. The van der Waals surface area contributed by atoms with Gasteiger partial charge in [0.05, 0.1) is 23.4 Å². The van der Waals surface area contributed by atoms with Crippen LogP contribution in [0.1, 0.15) is 37.2 Å². The lowest BCUT2D eigenvalue weighted by Crippen LogP contribution is -2.51. The molecule has 1 aromatic heterocycles. The van der Waals surface area contributed by atoms with Crippen LogP contribution in [0.25, 0.3) is 22.2 Å². The number of hydrogen-bond acceptors (Lipinski definition) is 3. The standard InChI is InChI=1S/C25H25F3N2O3/c26-17-3-1-14(2-4-17)22-21(19-11-18(27)12-20(28)23(19)29-22)15-9-16(10-15)24(32)30-7-5-25(33,13-31)6-8-30/h1-4,11-12,15-16,29,31,33H,5-10,13H2/t15-,16-. The minimum atomic E-state index is -1.12. The van der Waals surface area contributed by atoms with Crippen molar-refractivity contribution in [2.75, 3.05) is 19.7 Å². The molecule has 1 saturated carbocycles. The van der Waals surface area contributed by atoms with Gasteiger partial charge in [0.1, 0.15) is 17.5 Å². The number of halogens is 3. The number of amides is 1. The Balaban J connectivity index is 1.41. The molecule has 2 aliphatic rings. The zero-order chi connectivity index (χ0) is 23.3. The number of benzene rings is 2. The first-order valence-electron chi connectivity index (χ1n) is 11.2. The topological polar surface area (TPSA) is 76.6 Å². The SMILES string of the molecule is O=C([C@H]1C[C@H](c2c(-c3ccc(F)cc3)[nH]c3c(F)cc(F)cc32)C1)N1CCC(O)(CO)CC1. The van der Waals surface area contributed by atoms with E-state index in [-0.39, 0.29) is 29.9 Å². The van der Waals surface area contributed by atoms with E-state index in [4.69, 9.17) is 0 Å². The number of aromatic nitrogens is 1. The molecule has 0 unspecified atom stereocenters. The number of nitrogens with one attached hydrogen (secondary N) is 1. The zero-order valence-electron chi connectivity index (χ0n) is 18.0. The molecule has 3 aromatic rings. The second-order valence-electron chi connectivity index (χ2n) is 9.30. The van der Waals surface area contributed by atoms with Crippen molar-refractivity contribution < 1.29 is 28.2 Å². The molecule has 2 aromatic carbocycles. The van der Waals surface area contributed by atoms with Crippen LogP contribution in [0.15, 0.2) is 36.4 Å². The molecule has 8 heteroatoms. The highest BCUT2D eigenvalue weighted by molar-refractivity contribution is 5.92. The third kappa shape index (κ3) is 3.91. The van der Waals surface area contributed by atoms with Gasteiger partial charge in [-0.15, -0.1) is 0 Å². The van der Waals surface area contributed by atoms with Crippen LogP contribution in [-0.2, 0) is 4.79 Å². The Labute approximate surface area is 188 Å². The van der Waals surface area contributed by atoms with Crippen LogP contribution >= 0.6 is 0 Å². The summed E-state index contributed by atoms with van der Waals surface area (Å²) >= 11 is 0. The summed E-state index contributed by atoms with van der Waals surface area (Å²) in [5.41, 5.74) is 1.08. The monoisotopic (exact) mass is 458 g/mol. The van der Waals surface area contributed by atoms with Crippen molar-refractivity contribution in [1.82, 2.24) is 9.88 Å². The highest BCUT2D eigenvalue weighted by atomic mass is 19.1. The second kappa shape index (κ2) is 8.18. The van der Waals surface area contributed by atoms with Crippen molar-refractivity contribution in [3.63, 3.8) is 0 Å². The fourth-order valence-electron chi connectivity index (χ4n) is 5.12. The number of nitrogens with zero attached hydrogens (tertiary/aromatic N) is 1. The van der Waals surface area contributed by atoms with Gasteiger partial charge in [-0.3, -0.25) is 4.79 Å². The highest BCUT2D eigenvalue weighted by Gasteiger charge is 2.42. The smallest absolute Gasteiger partial charge is 0.225 e. The van der Waals surface area contributed by atoms with Crippen molar-refractivity contribution in [2.45, 2.75) is 37.2 Å². The van der Waals surface area contributed by atoms with E-state index < -0.39 is 23.1 Å². The van der Waals surface area contributed by atoms with Gasteiger partial charge in [0.2, 0.25) is 5.91 Å². The molecule has 1 aliphatic heterocycles. The minimum Gasteiger partial charge on any atom is -0.393 e. The molecule has 33 heavy (non-hydrogen) atoms. The van der Waals surface area contributed by atoms with Gasteiger partial charge in [-0.1, -0.05) is 0 Å². The molecule has 1 saturated heterocycles. The Bertz CT molecular complexity index is 1190. The number of aliphatic hydroxyl groups excluding tert-OH is 1. The van der Waals surface area contributed by atoms with Crippen LogP contribution in [0.4, 0.5) is 13.2 Å². The van der Waals surface area contributed by atoms with E-state index in [1.165, 1.54) is 18.2 Å². The Hall–Kier alpha value is -2.84. The first-order valence-corrected chi connectivity index (χ1v) is 11.2. The fourth-order valence-corrected chi connectivity index (χ4v) is 5.12. The number of aromatic amines is 1. The van der Waals surface area contributed by atoms with Gasteiger partial charge in [-0.05, 0) is 73.1 Å². The van der Waals surface area contributed by atoms with Gasteiger partial charge >= 0.3 is 0 Å². The average Bonchev–Trinajstić information content (AvgIpc) is 3.13. The second-order valence-corrected chi connectivity index (χ2v) is 9.30. The molecule has 5 rings (SSSR count). The number of H-pyrrole nitrogens is 1. The van der Waals surface area contributed by atoms with Crippen LogP contribution in [0.3, 0.4) is 0 Å². The fraction of sp³-hybridized carbons (Fsp3) is 0.400. The molecular formula is C25H25F3N2O3. The zero-order valence-corrected chi connectivity index (χ0v) is 18.0. The number of fused-ring (bicyclic) bond motifs is 1. The first kappa shape index (κ1) is 22.0. The lowest BCUT2D eigenvalue weighted by atomic mass is 9.69. The molecule has 2 fully saturated rings. The summed E-state index contributed by atoms with van der Waals surface area (Å²) in [4.78, 5) is 17.8. The van der Waals surface area contributed by atoms with E-state index in [2.05, 4.69) is 4.98 Å². The van der Waals surface area contributed by atoms with Gasteiger partial charge in [0, 0.05) is 30.5 Å². The molecule has 1 aliphatic carbocycles. The summed E-state index contributed by atoms with van der Waals surface area (Å²) in [6.45, 7) is 0.461. The Morgan fingerprint density at radius 3 is 2.36 bits per heavy atom. The number of carbonyl (C=O) groups is 1. The molecular weight excluding hydrogens is 433 g/mol. The molecule has 0 atom stereocenters. The van der Waals surface area contributed by atoms with E-state index in [9.17, 15) is 28.2 Å². The molecule has 3 N–H and O–H groups in total. The van der Waals surface area contributed by atoms with Crippen molar-refractivity contribution in [3.05, 3.63) is 59.4 Å². The normalized spacial score (nSPS) is 22.4. The van der Waals surface area contributed by atoms with Gasteiger partial charge in [-0.2, -0.15) is 0 Å². The number of carbonyl (C=O) groups excluding carboxylic acids is 1. The Morgan fingerprint density at radius 1 is 1.06 bits per heavy atom. The third-order valence-electron chi connectivity index (χ3n) is 7.19. The summed E-state index contributed by atoms with van der Waals surface area (Å²) in [5.74, 6) is -2.05. The predicted molar refractivity (Wildman–Crippen MR) is 117 cm³/mol. The maximum absolute atomic E-state index is 14.5. The van der Waals surface area contributed by atoms with Crippen LogP contribution in [-0.4, -0.2) is 51.3 Å². The van der Waals surface area contributed by atoms with Crippen LogP contribution < -0.4 is 0 Å². The Kier molecular flexibility index (Phi) is 5.45. The Morgan fingerprint density at radius 2 is 1.73 bits per heavy atom. The molecule has 2 heterocycles. The average molecular weight is 458 g/mol. The van der Waals surface area contributed by atoms with E-state index >= 15 is 0 Å². The highest BCUT2D eigenvalue weighted by Crippen LogP contribution is 2.49. The van der Waals surface area contributed by atoms with E-state index in [1.807, 2.05) is 0 Å². The molecule has 0 radical (unpaired) electrons. The minimum absolute atomic E-state index is 0.00627. The number of rotatable bonds is 4. The maximum atomic E-state index is 14.5. The summed E-state index contributed by atoms with van der Waals surface area (Å²) in [7, 11) is 0.